The fourth-order valence-electron chi connectivity index (χ4n) is 2.69. The molecule has 0 aliphatic carbocycles. The molecule has 0 unspecified atom stereocenters. The molecule has 4 aromatic heterocycles. The minimum atomic E-state index is -0.106. The van der Waals surface area contributed by atoms with Crippen LogP contribution in [0.25, 0.3) is 33.9 Å². The monoisotopic (exact) mass is 342 g/mol. The number of aromatic nitrogens is 4. The van der Waals surface area contributed by atoms with Gasteiger partial charge in [-0.05, 0) is 24.3 Å². The molecular weight excluding hydrogens is 328 g/mol. The summed E-state index contributed by atoms with van der Waals surface area (Å²) < 4.78 is 0. The zero-order chi connectivity index (χ0) is 17.9. The van der Waals surface area contributed by atoms with E-state index in [9.17, 15) is 9.59 Å². The van der Waals surface area contributed by atoms with E-state index in [1.807, 2.05) is 24.3 Å². The largest absolute Gasteiger partial charge is 0.367 e. The van der Waals surface area contributed by atoms with Gasteiger partial charge in [0.25, 0.3) is 0 Å². The van der Waals surface area contributed by atoms with Crippen molar-refractivity contribution in [3.63, 3.8) is 0 Å². The molecule has 6 nitrogen and oxygen atoms in total. The van der Waals surface area contributed by atoms with Crippen LogP contribution >= 0.6 is 0 Å². The number of rotatable bonds is 3. The highest BCUT2D eigenvalue weighted by atomic mass is 16.1. The van der Waals surface area contributed by atoms with E-state index in [1.165, 1.54) is 12.1 Å². The number of nitrogens with zero attached hydrogens (tertiary/aromatic N) is 2. The van der Waals surface area contributed by atoms with Gasteiger partial charge in [-0.25, -0.2) is 9.97 Å². The molecule has 0 radical (unpaired) electrons. The van der Waals surface area contributed by atoms with Gasteiger partial charge in [-0.2, -0.15) is 0 Å². The van der Waals surface area contributed by atoms with Crippen LogP contribution in [0.3, 0.4) is 0 Å². The van der Waals surface area contributed by atoms with E-state index in [4.69, 9.17) is 0 Å². The van der Waals surface area contributed by atoms with Crippen LogP contribution < -0.4 is 10.9 Å². The van der Waals surface area contributed by atoms with Gasteiger partial charge in [-0.1, -0.05) is 12.1 Å². The lowest BCUT2D eigenvalue weighted by molar-refractivity contribution is 1.22. The van der Waals surface area contributed by atoms with Crippen molar-refractivity contribution in [1.82, 2.24) is 19.9 Å². The second-order valence-corrected chi connectivity index (χ2v) is 5.66. The van der Waals surface area contributed by atoms with Gasteiger partial charge >= 0.3 is 0 Å². The number of pyridine rings is 4. The Kier molecular flexibility index (Phi) is 3.99. The van der Waals surface area contributed by atoms with Gasteiger partial charge in [0.15, 0.2) is 10.9 Å². The summed E-state index contributed by atoms with van der Waals surface area (Å²) in [4.78, 5) is 39.0. The minimum Gasteiger partial charge on any atom is -0.367 e. The average molecular weight is 342 g/mol. The Bertz CT molecular complexity index is 1100. The smallest absolute Gasteiger partial charge is 0.190 e. The Labute approximate surface area is 148 Å². The molecule has 0 saturated heterocycles. The van der Waals surface area contributed by atoms with Crippen molar-refractivity contribution in [3.05, 3.63) is 93.8 Å². The highest BCUT2D eigenvalue weighted by molar-refractivity contribution is 5.66. The molecular formula is C20H14N4O2. The number of hydrogen-bond donors (Lipinski definition) is 2. The van der Waals surface area contributed by atoms with Crippen LogP contribution in [0.2, 0.25) is 0 Å². The lowest BCUT2D eigenvalue weighted by Gasteiger charge is -2.06. The molecule has 26 heavy (non-hydrogen) atoms. The summed E-state index contributed by atoms with van der Waals surface area (Å²) in [7, 11) is 0. The second-order valence-electron chi connectivity index (χ2n) is 5.66. The van der Waals surface area contributed by atoms with Gasteiger partial charge in [0.05, 0.1) is 33.9 Å². The molecule has 0 atom stereocenters. The molecule has 0 amide bonds. The van der Waals surface area contributed by atoms with Crippen LogP contribution in [0.15, 0.2) is 82.9 Å². The molecule has 4 aromatic rings. The van der Waals surface area contributed by atoms with Crippen molar-refractivity contribution < 1.29 is 0 Å². The molecule has 2 N–H and O–H groups in total. The van der Waals surface area contributed by atoms with Crippen LogP contribution in [0.5, 0.6) is 0 Å². The van der Waals surface area contributed by atoms with Crippen molar-refractivity contribution >= 4 is 0 Å². The molecule has 6 heteroatoms. The van der Waals surface area contributed by atoms with Crippen molar-refractivity contribution in [1.29, 1.82) is 0 Å². The zero-order valence-corrected chi connectivity index (χ0v) is 13.6. The van der Waals surface area contributed by atoms with Crippen molar-refractivity contribution in [2.45, 2.75) is 0 Å². The summed E-state index contributed by atoms with van der Waals surface area (Å²) >= 11 is 0. The minimum absolute atomic E-state index is 0.106. The summed E-state index contributed by atoms with van der Waals surface area (Å²) in [6.45, 7) is 0. The van der Waals surface area contributed by atoms with E-state index >= 15 is 0 Å². The third-order valence-electron chi connectivity index (χ3n) is 3.96. The van der Waals surface area contributed by atoms with E-state index in [-0.39, 0.29) is 10.9 Å². The first-order valence-electron chi connectivity index (χ1n) is 8.02. The molecule has 0 aliphatic heterocycles. The quantitative estimate of drug-likeness (QED) is 0.599. The Balaban J connectivity index is 1.80. The van der Waals surface area contributed by atoms with Gasteiger partial charge in [0, 0.05) is 36.9 Å². The van der Waals surface area contributed by atoms with E-state index in [1.54, 1.807) is 36.9 Å². The normalized spacial score (nSPS) is 10.6. The Morgan fingerprint density at radius 2 is 1.00 bits per heavy atom. The highest BCUT2D eigenvalue weighted by Gasteiger charge is 2.09. The predicted molar refractivity (Wildman–Crippen MR) is 99.6 cm³/mol. The fraction of sp³-hybridized carbons (Fsp3) is 0. The van der Waals surface area contributed by atoms with E-state index in [0.717, 1.165) is 0 Å². The van der Waals surface area contributed by atoms with Crippen molar-refractivity contribution in [3.8, 4) is 33.9 Å². The lowest BCUT2D eigenvalue weighted by Crippen LogP contribution is -2.05. The molecule has 0 aromatic carbocycles. The first-order valence-corrected chi connectivity index (χ1v) is 8.02. The lowest BCUT2D eigenvalue weighted by atomic mass is 10.1. The topological polar surface area (TPSA) is 91.5 Å². The van der Waals surface area contributed by atoms with Gasteiger partial charge in [0.1, 0.15) is 0 Å². The Hall–Kier alpha value is -3.80. The summed E-state index contributed by atoms with van der Waals surface area (Å²) in [5.74, 6) is 0. The van der Waals surface area contributed by atoms with Crippen LogP contribution in [0.4, 0.5) is 0 Å². The van der Waals surface area contributed by atoms with Crippen LogP contribution in [-0.4, -0.2) is 19.9 Å². The van der Waals surface area contributed by atoms with E-state index in [2.05, 4.69) is 19.9 Å². The number of nitrogens with one attached hydrogen (secondary N) is 2. The third-order valence-corrected chi connectivity index (χ3v) is 3.96. The molecule has 4 heterocycles. The van der Waals surface area contributed by atoms with Crippen molar-refractivity contribution in [2.24, 2.45) is 0 Å². The van der Waals surface area contributed by atoms with Gasteiger partial charge in [0.2, 0.25) is 0 Å². The average Bonchev–Trinajstić information content (AvgIpc) is 2.69. The molecule has 0 spiro atoms. The molecule has 4 rings (SSSR count). The van der Waals surface area contributed by atoms with E-state index in [0.29, 0.717) is 33.9 Å². The molecule has 0 bridgehead atoms. The summed E-state index contributed by atoms with van der Waals surface area (Å²) in [6.07, 6.45) is 6.42. The van der Waals surface area contributed by atoms with Gasteiger partial charge < -0.3 is 9.97 Å². The number of aromatic amines is 2. The van der Waals surface area contributed by atoms with Gasteiger partial charge in [-0.3, -0.25) is 9.59 Å². The summed E-state index contributed by atoms with van der Waals surface area (Å²) in [6, 6.07) is 13.8. The summed E-state index contributed by atoms with van der Waals surface area (Å²) in [5.41, 5.74) is 3.15. The third kappa shape index (κ3) is 2.95. The molecule has 0 saturated carbocycles. The van der Waals surface area contributed by atoms with Crippen LogP contribution in [0, 0.1) is 0 Å². The molecule has 0 fully saturated rings. The van der Waals surface area contributed by atoms with Crippen molar-refractivity contribution in [2.75, 3.05) is 0 Å². The predicted octanol–water partition coefficient (Wildman–Crippen LogP) is 2.85. The maximum absolute atomic E-state index is 12.0. The highest BCUT2D eigenvalue weighted by Crippen LogP contribution is 2.21. The maximum atomic E-state index is 12.0. The first-order chi connectivity index (χ1) is 12.7. The first kappa shape index (κ1) is 15.7. The van der Waals surface area contributed by atoms with Gasteiger partial charge in [-0.15, -0.1) is 0 Å². The van der Waals surface area contributed by atoms with Crippen LogP contribution in [0.1, 0.15) is 0 Å². The number of H-pyrrole nitrogens is 2. The molecule has 0 aliphatic rings. The zero-order valence-electron chi connectivity index (χ0n) is 13.6. The fourth-order valence-corrected chi connectivity index (χ4v) is 2.69. The van der Waals surface area contributed by atoms with Crippen LogP contribution in [-0.2, 0) is 0 Å². The summed E-state index contributed by atoms with van der Waals surface area (Å²) in [5, 5.41) is 0. The SMILES string of the molecule is O=c1cc[nH]cc1-c1cccc(-c2cccc(-c3c[nH]ccc3=O)n2)n1. The van der Waals surface area contributed by atoms with E-state index < -0.39 is 0 Å². The molecule has 126 valence electrons. The Morgan fingerprint density at radius 1 is 0.577 bits per heavy atom. The maximum Gasteiger partial charge on any atom is 0.190 e. The Morgan fingerprint density at radius 3 is 1.42 bits per heavy atom. The second kappa shape index (κ2) is 6.60. The standard InChI is InChI=1S/C20H14N4O2/c25-19-7-9-21-11-13(19)15-3-1-5-17(23-15)18-6-2-4-16(24-18)14-12-22-10-8-20(14)26/h1-12H,(H,21,25)(H,22,26). The number of hydrogen-bond acceptors (Lipinski definition) is 4.